The lowest BCUT2D eigenvalue weighted by Gasteiger charge is -2.21. The van der Waals surface area contributed by atoms with E-state index in [1.165, 1.54) is 205 Å². The van der Waals surface area contributed by atoms with Gasteiger partial charge in [0, 0.05) is 25.7 Å². The molecule has 0 aliphatic heterocycles. The zero-order valence-corrected chi connectivity index (χ0v) is 65.3. The third-order valence-corrected chi connectivity index (χ3v) is 20.8. The van der Waals surface area contributed by atoms with Gasteiger partial charge in [-0.1, -0.05) is 350 Å². The normalized spacial score (nSPS) is 14.6. The topological polar surface area (TPSA) is 237 Å². The summed E-state index contributed by atoms with van der Waals surface area (Å²) >= 11 is 0. The summed E-state index contributed by atoms with van der Waals surface area (Å²) < 4.78 is 68.6. The lowest BCUT2D eigenvalue weighted by molar-refractivity contribution is -0.161. The fourth-order valence-corrected chi connectivity index (χ4v) is 13.5. The zero-order chi connectivity index (χ0) is 71.6. The second-order valence-electron chi connectivity index (χ2n) is 29.1. The number of phosphoric acid groups is 2. The zero-order valence-electron chi connectivity index (χ0n) is 63.5. The second-order valence-corrected chi connectivity index (χ2v) is 32.0. The lowest BCUT2D eigenvalue weighted by Crippen LogP contribution is -2.30. The first-order chi connectivity index (χ1) is 46.8. The van der Waals surface area contributed by atoms with E-state index < -0.39 is 97.5 Å². The van der Waals surface area contributed by atoms with Crippen molar-refractivity contribution in [3.8, 4) is 0 Å². The molecule has 7 atom stereocenters. The first-order valence-corrected chi connectivity index (χ1v) is 43.4. The first-order valence-electron chi connectivity index (χ1n) is 40.4. The SMILES string of the molecule is CCCCCCCCCCCCCCCCCCCCCCCC(=O)O[C@H](COC(=O)CCCCCCCCCCCCCC(C)C)COP(=O)(O)OC[C@@H](O)COP(=O)(O)OC[C@@H](COC(=O)CCCCCCCCC(C)CC)OC(=O)CCCCCCCCCCC(C)CC. The molecule has 0 aromatic carbocycles. The summed E-state index contributed by atoms with van der Waals surface area (Å²) in [5.74, 6) is 0.152. The Labute approximate surface area is 594 Å². The minimum absolute atomic E-state index is 0.104. The molecule has 0 aromatic rings. The summed E-state index contributed by atoms with van der Waals surface area (Å²) in [7, 11) is -9.92. The summed E-state index contributed by atoms with van der Waals surface area (Å²) in [6.45, 7) is 11.9. The van der Waals surface area contributed by atoms with E-state index in [0.29, 0.717) is 25.7 Å². The van der Waals surface area contributed by atoms with Gasteiger partial charge in [-0.15, -0.1) is 0 Å². The maximum absolute atomic E-state index is 13.1. The van der Waals surface area contributed by atoms with Crippen molar-refractivity contribution in [3.63, 3.8) is 0 Å². The van der Waals surface area contributed by atoms with E-state index in [0.717, 1.165) is 114 Å². The van der Waals surface area contributed by atoms with Gasteiger partial charge >= 0.3 is 39.5 Å². The Balaban J connectivity index is 5.22. The van der Waals surface area contributed by atoms with Gasteiger partial charge in [-0.25, -0.2) is 9.13 Å². The number of carbonyl (C=O) groups is 4. The molecule has 3 N–H and O–H groups in total. The lowest BCUT2D eigenvalue weighted by atomic mass is 9.99. The molecule has 0 fully saturated rings. The predicted octanol–water partition coefficient (Wildman–Crippen LogP) is 23.0. The third-order valence-electron chi connectivity index (χ3n) is 18.9. The first kappa shape index (κ1) is 95.1. The second kappa shape index (κ2) is 68.5. The number of hydrogen-bond donors (Lipinski definition) is 3. The number of esters is 4. The number of carbonyl (C=O) groups excluding carboxylic acids is 4. The highest BCUT2D eigenvalue weighted by atomic mass is 31.2. The number of hydrogen-bond acceptors (Lipinski definition) is 15. The van der Waals surface area contributed by atoms with Gasteiger partial charge in [-0.3, -0.25) is 37.3 Å². The van der Waals surface area contributed by atoms with Crippen LogP contribution < -0.4 is 0 Å². The van der Waals surface area contributed by atoms with E-state index in [9.17, 15) is 43.2 Å². The van der Waals surface area contributed by atoms with E-state index in [1.807, 2.05) is 0 Å². The minimum atomic E-state index is -4.96. The highest BCUT2D eigenvalue weighted by molar-refractivity contribution is 7.47. The molecule has 0 aliphatic carbocycles. The van der Waals surface area contributed by atoms with Crippen molar-refractivity contribution in [2.75, 3.05) is 39.6 Å². The molecule has 97 heavy (non-hydrogen) atoms. The van der Waals surface area contributed by atoms with Crippen LogP contribution in [-0.4, -0.2) is 96.7 Å². The van der Waals surface area contributed by atoms with Gasteiger partial charge in [0.25, 0.3) is 0 Å². The Bertz CT molecular complexity index is 1890. The molecule has 19 heteroatoms. The van der Waals surface area contributed by atoms with Gasteiger partial charge in [0.05, 0.1) is 26.4 Å². The predicted molar refractivity (Wildman–Crippen MR) is 395 cm³/mol. The van der Waals surface area contributed by atoms with Crippen LogP contribution in [0.25, 0.3) is 0 Å². The van der Waals surface area contributed by atoms with Crippen molar-refractivity contribution < 1.29 is 80.2 Å². The van der Waals surface area contributed by atoms with E-state index in [4.69, 9.17) is 37.0 Å². The molecule has 0 saturated heterocycles. The van der Waals surface area contributed by atoms with Crippen LogP contribution in [0.1, 0.15) is 402 Å². The molecule has 4 unspecified atom stereocenters. The van der Waals surface area contributed by atoms with Crippen molar-refractivity contribution in [1.29, 1.82) is 0 Å². The van der Waals surface area contributed by atoms with Crippen molar-refractivity contribution in [1.82, 2.24) is 0 Å². The molecule has 17 nitrogen and oxygen atoms in total. The molecule has 0 bridgehead atoms. The summed E-state index contributed by atoms with van der Waals surface area (Å²) in [5.41, 5.74) is 0. The van der Waals surface area contributed by atoms with Crippen molar-refractivity contribution >= 4 is 39.5 Å². The Morgan fingerprint density at radius 1 is 0.299 bits per heavy atom. The Hall–Kier alpha value is -1.94. The number of ether oxygens (including phenoxy) is 4. The van der Waals surface area contributed by atoms with Gasteiger partial charge in [0.2, 0.25) is 0 Å². The Kier molecular flexibility index (Phi) is 67.1. The molecule has 0 aliphatic rings. The Morgan fingerprint density at radius 3 is 0.784 bits per heavy atom. The highest BCUT2D eigenvalue weighted by Crippen LogP contribution is 2.45. The molecule has 0 heterocycles. The van der Waals surface area contributed by atoms with E-state index in [1.54, 1.807) is 0 Å². The minimum Gasteiger partial charge on any atom is -0.462 e. The maximum Gasteiger partial charge on any atom is 0.472 e. The maximum atomic E-state index is 13.1. The van der Waals surface area contributed by atoms with Gasteiger partial charge < -0.3 is 33.8 Å². The smallest absolute Gasteiger partial charge is 0.462 e. The molecule has 0 spiro atoms. The number of unbranched alkanes of at least 4 members (excludes halogenated alkanes) is 42. The average Bonchev–Trinajstić information content (AvgIpc) is 1.76. The van der Waals surface area contributed by atoms with Gasteiger partial charge in [-0.05, 0) is 43.4 Å². The molecule has 0 amide bonds. The van der Waals surface area contributed by atoms with E-state index >= 15 is 0 Å². The number of phosphoric ester groups is 2. The number of rotatable bonds is 76. The average molecular weight is 1420 g/mol. The monoisotopic (exact) mass is 1420 g/mol. The van der Waals surface area contributed by atoms with Crippen LogP contribution in [0.3, 0.4) is 0 Å². The molecule has 0 saturated carbocycles. The van der Waals surface area contributed by atoms with Crippen molar-refractivity contribution in [2.45, 2.75) is 420 Å². The fourth-order valence-electron chi connectivity index (χ4n) is 11.9. The highest BCUT2D eigenvalue weighted by Gasteiger charge is 2.30. The fraction of sp³-hybridized carbons (Fsp3) is 0.949. The third kappa shape index (κ3) is 69.5. The molecular formula is C78H152O17P2. The molecule has 0 aromatic heterocycles. The van der Waals surface area contributed by atoms with Crippen LogP contribution in [0.5, 0.6) is 0 Å². The van der Waals surface area contributed by atoms with E-state index in [2.05, 4.69) is 48.5 Å². The van der Waals surface area contributed by atoms with E-state index in [-0.39, 0.29) is 25.7 Å². The number of aliphatic hydroxyl groups excluding tert-OH is 1. The van der Waals surface area contributed by atoms with Crippen LogP contribution in [0.4, 0.5) is 0 Å². The summed E-state index contributed by atoms with van der Waals surface area (Å²) in [5, 5.41) is 10.6. The van der Waals surface area contributed by atoms with Gasteiger partial charge in [-0.2, -0.15) is 0 Å². The molecule has 0 radical (unpaired) electrons. The van der Waals surface area contributed by atoms with Crippen LogP contribution in [0.15, 0.2) is 0 Å². The van der Waals surface area contributed by atoms with Crippen molar-refractivity contribution in [3.05, 3.63) is 0 Å². The largest absolute Gasteiger partial charge is 0.472 e. The summed E-state index contributed by atoms with van der Waals surface area (Å²) in [4.78, 5) is 72.9. The molecular weight excluding hydrogens is 1270 g/mol. The van der Waals surface area contributed by atoms with Crippen molar-refractivity contribution in [2.24, 2.45) is 17.8 Å². The van der Waals surface area contributed by atoms with Crippen LogP contribution in [0, 0.1) is 17.8 Å². The molecule has 0 rings (SSSR count). The van der Waals surface area contributed by atoms with Crippen LogP contribution in [-0.2, 0) is 65.4 Å². The summed E-state index contributed by atoms with van der Waals surface area (Å²) in [6.07, 6.45) is 55.6. The Morgan fingerprint density at radius 2 is 0.526 bits per heavy atom. The van der Waals surface area contributed by atoms with Crippen LogP contribution in [0.2, 0.25) is 0 Å². The standard InChI is InChI=1S/C78H152O17P2/c1-8-11-12-13-14-15-16-17-18-19-20-21-22-23-24-25-28-32-38-47-54-61-77(82)94-73(65-88-75(80)59-52-45-37-31-29-26-27-30-35-42-49-56-69(4)5)67-92-96(84,85)90-63-72(79)64-91-97(86,87)93-68-74(66-89-76(81)60-53-46-41-40-44-51-58-71(7)10-3)95-78(83)62-55-48-39-34-33-36-43-50-57-70(6)9-2/h69-74,79H,8-68H2,1-7H3,(H,84,85)(H,86,87)/t70?,71?,72-,73-,74-/m1/s1. The summed E-state index contributed by atoms with van der Waals surface area (Å²) in [6, 6.07) is 0. The number of aliphatic hydroxyl groups is 1. The van der Waals surface area contributed by atoms with Gasteiger partial charge in [0.1, 0.15) is 19.3 Å². The van der Waals surface area contributed by atoms with Gasteiger partial charge in [0.15, 0.2) is 12.2 Å². The molecule has 576 valence electrons. The quantitative estimate of drug-likeness (QED) is 0.0222. The van der Waals surface area contributed by atoms with Crippen LogP contribution >= 0.6 is 15.6 Å².